The lowest BCUT2D eigenvalue weighted by molar-refractivity contribution is 0.0919. The molecule has 1 aliphatic heterocycles. The molecular formula is C13H20N4O. The predicted molar refractivity (Wildman–Crippen MR) is 70.7 cm³/mol. The van der Waals surface area contributed by atoms with E-state index in [4.69, 9.17) is 0 Å². The smallest absolute Gasteiger partial charge is 0.254 e. The Hall–Kier alpha value is -1.65. The van der Waals surface area contributed by atoms with Gasteiger partial charge in [0.2, 0.25) is 5.95 Å². The lowest BCUT2D eigenvalue weighted by atomic mass is 10.1. The summed E-state index contributed by atoms with van der Waals surface area (Å²) in [7, 11) is 0. The molecule has 5 heteroatoms. The van der Waals surface area contributed by atoms with Gasteiger partial charge in [-0.1, -0.05) is 0 Å². The summed E-state index contributed by atoms with van der Waals surface area (Å²) in [6, 6.07) is 0. The monoisotopic (exact) mass is 248 g/mol. The van der Waals surface area contributed by atoms with Gasteiger partial charge >= 0.3 is 0 Å². The second-order valence-corrected chi connectivity index (χ2v) is 5.67. The van der Waals surface area contributed by atoms with E-state index in [1.165, 1.54) is 12.8 Å². The van der Waals surface area contributed by atoms with Gasteiger partial charge in [0.1, 0.15) is 0 Å². The van der Waals surface area contributed by atoms with E-state index in [1.807, 2.05) is 20.8 Å². The van der Waals surface area contributed by atoms with E-state index in [0.29, 0.717) is 5.56 Å². The largest absolute Gasteiger partial charge is 0.347 e. The molecule has 1 saturated heterocycles. The van der Waals surface area contributed by atoms with Gasteiger partial charge in [-0.25, -0.2) is 9.97 Å². The predicted octanol–water partition coefficient (Wildman–Crippen LogP) is 1.61. The zero-order valence-corrected chi connectivity index (χ0v) is 11.2. The highest BCUT2D eigenvalue weighted by Crippen LogP contribution is 2.15. The molecule has 98 valence electrons. The van der Waals surface area contributed by atoms with Crippen LogP contribution in [0.1, 0.15) is 44.0 Å². The number of nitrogens with zero attached hydrogens (tertiary/aromatic N) is 3. The fourth-order valence-corrected chi connectivity index (χ4v) is 1.93. The molecule has 1 aromatic rings. The van der Waals surface area contributed by atoms with E-state index in [1.54, 1.807) is 12.4 Å². The molecule has 1 aromatic heterocycles. The topological polar surface area (TPSA) is 58.1 Å². The number of anilines is 1. The fraction of sp³-hybridized carbons (Fsp3) is 0.615. The summed E-state index contributed by atoms with van der Waals surface area (Å²) in [4.78, 5) is 22.6. The Morgan fingerprint density at radius 1 is 1.22 bits per heavy atom. The number of aromatic nitrogens is 2. The Morgan fingerprint density at radius 3 is 2.28 bits per heavy atom. The summed E-state index contributed by atoms with van der Waals surface area (Å²) in [5.41, 5.74) is 0.262. The molecule has 0 aliphatic carbocycles. The summed E-state index contributed by atoms with van der Waals surface area (Å²) < 4.78 is 0. The van der Waals surface area contributed by atoms with Crippen LogP contribution in [0, 0.1) is 0 Å². The van der Waals surface area contributed by atoms with Crippen molar-refractivity contribution in [1.82, 2.24) is 15.3 Å². The molecular weight excluding hydrogens is 228 g/mol. The van der Waals surface area contributed by atoms with Crippen molar-refractivity contribution in [2.45, 2.75) is 39.2 Å². The highest BCUT2D eigenvalue weighted by molar-refractivity contribution is 5.94. The number of hydrogen-bond donors (Lipinski definition) is 1. The first-order valence-corrected chi connectivity index (χ1v) is 6.35. The SMILES string of the molecule is CC(C)(C)NC(=O)c1cnc(N2CCCC2)nc1. The highest BCUT2D eigenvalue weighted by atomic mass is 16.1. The molecule has 18 heavy (non-hydrogen) atoms. The van der Waals surface area contributed by atoms with Gasteiger partial charge in [0.25, 0.3) is 5.91 Å². The molecule has 0 spiro atoms. The quantitative estimate of drug-likeness (QED) is 0.863. The standard InChI is InChI=1S/C13H20N4O/c1-13(2,3)16-11(18)10-8-14-12(15-9-10)17-6-4-5-7-17/h8-9H,4-7H2,1-3H3,(H,16,18). The molecule has 0 saturated carbocycles. The van der Waals surface area contributed by atoms with Crippen molar-refractivity contribution in [3.8, 4) is 0 Å². The third-order valence-electron chi connectivity index (χ3n) is 2.78. The number of carbonyl (C=O) groups excluding carboxylic acids is 1. The maximum atomic E-state index is 11.9. The van der Waals surface area contributed by atoms with Gasteiger partial charge in [0, 0.05) is 31.0 Å². The van der Waals surface area contributed by atoms with Gasteiger partial charge in [0.05, 0.1) is 5.56 Å². The van der Waals surface area contributed by atoms with Crippen molar-refractivity contribution in [2.24, 2.45) is 0 Å². The van der Waals surface area contributed by atoms with Crippen LogP contribution in [-0.2, 0) is 0 Å². The summed E-state index contributed by atoms with van der Waals surface area (Å²) in [6.07, 6.45) is 5.58. The van der Waals surface area contributed by atoms with Crippen molar-refractivity contribution in [2.75, 3.05) is 18.0 Å². The van der Waals surface area contributed by atoms with Gasteiger partial charge in [-0.3, -0.25) is 4.79 Å². The van der Waals surface area contributed by atoms with E-state index in [2.05, 4.69) is 20.2 Å². The molecule has 5 nitrogen and oxygen atoms in total. The molecule has 1 N–H and O–H groups in total. The van der Waals surface area contributed by atoms with E-state index >= 15 is 0 Å². The lowest BCUT2D eigenvalue weighted by Gasteiger charge is -2.20. The van der Waals surface area contributed by atoms with E-state index in [9.17, 15) is 4.79 Å². The van der Waals surface area contributed by atoms with Crippen molar-refractivity contribution >= 4 is 11.9 Å². The van der Waals surface area contributed by atoms with Crippen LogP contribution in [0.5, 0.6) is 0 Å². The van der Waals surface area contributed by atoms with Gasteiger partial charge in [0.15, 0.2) is 0 Å². The van der Waals surface area contributed by atoms with Crippen LogP contribution in [0.2, 0.25) is 0 Å². The maximum absolute atomic E-state index is 11.9. The Kier molecular flexibility index (Phi) is 3.50. The second-order valence-electron chi connectivity index (χ2n) is 5.67. The minimum absolute atomic E-state index is 0.129. The molecule has 1 fully saturated rings. The number of nitrogens with one attached hydrogen (secondary N) is 1. The molecule has 1 aliphatic rings. The number of hydrogen-bond acceptors (Lipinski definition) is 4. The van der Waals surface area contributed by atoms with Crippen LogP contribution in [0.25, 0.3) is 0 Å². The summed E-state index contributed by atoms with van der Waals surface area (Å²) in [5, 5.41) is 2.89. The van der Waals surface area contributed by atoms with E-state index in [0.717, 1.165) is 19.0 Å². The Balaban J connectivity index is 2.05. The molecule has 1 amide bonds. The van der Waals surface area contributed by atoms with Crippen LogP contribution in [0.15, 0.2) is 12.4 Å². The molecule has 0 radical (unpaired) electrons. The molecule has 0 unspecified atom stereocenters. The minimum atomic E-state index is -0.245. The van der Waals surface area contributed by atoms with Gasteiger partial charge in [-0.05, 0) is 33.6 Å². The van der Waals surface area contributed by atoms with Crippen molar-refractivity contribution in [3.63, 3.8) is 0 Å². The van der Waals surface area contributed by atoms with Gasteiger partial charge in [-0.2, -0.15) is 0 Å². The molecule has 0 bridgehead atoms. The lowest BCUT2D eigenvalue weighted by Crippen LogP contribution is -2.40. The van der Waals surface area contributed by atoms with Crippen LogP contribution in [-0.4, -0.2) is 34.5 Å². The van der Waals surface area contributed by atoms with Crippen molar-refractivity contribution in [3.05, 3.63) is 18.0 Å². The average Bonchev–Trinajstić information content (AvgIpc) is 2.80. The first-order chi connectivity index (χ1) is 8.46. The molecule has 2 rings (SSSR count). The molecule has 2 heterocycles. The van der Waals surface area contributed by atoms with Crippen LogP contribution in [0.3, 0.4) is 0 Å². The van der Waals surface area contributed by atoms with Gasteiger partial charge in [-0.15, -0.1) is 0 Å². The minimum Gasteiger partial charge on any atom is -0.347 e. The first-order valence-electron chi connectivity index (χ1n) is 6.35. The molecule has 0 aromatic carbocycles. The Morgan fingerprint density at radius 2 is 1.78 bits per heavy atom. The van der Waals surface area contributed by atoms with Gasteiger partial charge < -0.3 is 10.2 Å². The highest BCUT2D eigenvalue weighted by Gasteiger charge is 2.18. The number of carbonyl (C=O) groups is 1. The third kappa shape index (κ3) is 3.18. The van der Waals surface area contributed by atoms with E-state index in [-0.39, 0.29) is 11.4 Å². The fourth-order valence-electron chi connectivity index (χ4n) is 1.93. The first kappa shape index (κ1) is 12.8. The van der Waals surface area contributed by atoms with Crippen molar-refractivity contribution in [1.29, 1.82) is 0 Å². The Labute approximate surface area is 108 Å². The van der Waals surface area contributed by atoms with Crippen LogP contribution >= 0.6 is 0 Å². The summed E-state index contributed by atoms with van der Waals surface area (Å²) >= 11 is 0. The zero-order valence-electron chi connectivity index (χ0n) is 11.2. The average molecular weight is 248 g/mol. The van der Waals surface area contributed by atoms with Crippen LogP contribution in [0.4, 0.5) is 5.95 Å². The third-order valence-corrected chi connectivity index (χ3v) is 2.78. The number of amides is 1. The van der Waals surface area contributed by atoms with E-state index < -0.39 is 0 Å². The number of rotatable bonds is 2. The summed E-state index contributed by atoms with van der Waals surface area (Å²) in [5.74, 6) is 0.593. The summed E-state index contributed by atoms with van der Waals surface area (Å²) in [6.45, 7) is 7.86. The zero-order chi connectivity index (χ0) is 13.2. The maximum Gasteiger partial charge on any atom is 0.254 e. The Bertz CT molecular complexity index is 416. The van der Waals surface area contributed by atoms with Crippen LogP contribution < -0.4 is 10.2 Å². The van der Waals surface area contributed by atoms with Crippen molar-refractivity contribution < 1.29 is 4.79 Å². The molecule has 0 atom stereocenters. The second kappa shape index (κ2) is 4.92. The normalized spacial score (nSPS) is 15.8.